The lowest BCUT2D eigenvalue weighted by Crippen LogP contribution is -2.28. The Morgan fingerprint density at radius 3 is 2.48 bits per heavy atom. The fraction of sp³-hybridized carbons (Fsp3) is 0.222. The highest BCUT2D eigenvalue weighted by molar-refractivity contribution is 6.36. The molecule has 0 unspecified atom stereocenters. The molecule has 0 bridgehead atoms. The van der Waals surface area contributed by atoms with E-state index in [4.69, 9.17) is 27.9 Å². The molecule has 0 saturated carbocycles. The second-order valence-corrected chi connectivity index (χ2v) is 6.21. The summed E-state index contributed by atoms with van der Waals surface area (Å²) in [6.45, 7) is 1.36. The topological polar surface area (TPSA) is 55.4 Å². The van der Waals surface area contributed by atoms with Gasteiger partial charge in [-0.2, -0.15) is 0 Å². The van der Waals surface area contributed by atoms with Gasteiger partial charge in [0.1, 0.15) is 5.82 Å². The number of nitrogens with one attached hydrogen (secondary N) is 1. The van der Waals surface area contributed by atoms with E-state index in [9.17, 15) is 14.0 Å². The number of hydrogen-bond acceptors (Lipinski definition) is 3. The van der Waals surface area contributed by atoms with Gasteiger partial charge in [0.05, 0.1) is 6.42 Å². The SMILES string of the molecule is Cc1ccc(CNC(=O)COC(=O)Cc2c(Cl)cccc2Cl)cc1F. The number of aryl methyl sites for hydroxylation is 1. The average Bonchev–Trinajstić information content (AvgIpc) is 2.57. The van der Waals surface area contributed by atoms with Crippen LogP contribution in [0.5, 0.6) is 0 Å². The molecule has 2 aromatic carbocycles. The van der Waals surface area contributed by atoms with Crippen LogP contribution in [0.3, 0.4) is 0 Å². The first kappa shape index (κ1) is 19.2. The van der Waals surface area contributed by atoms with E-state index in [1.54, 1.807) is 37.3 Å². The fourth-order valence-electron chi connectivity index (χ4n) is 2.04. The van der Waals surface area contributed by atoms with Gasteiger partial charge in [-0.15, -0.1) is 0 Å². The van der Waals surface area contributed by atoms with Gasteiger partial charge in [0, 0.05) is 22.2 Å². The Morgan fingerprint density at radius 2 is 1.84 bits per heavy atom. The summed E-state index contributed by atoms with van der Waals surface area (Å²) in [5.41, 5.74) is 1.60. The third-order valence-corrected chi connectivity index (χ3v) is 4.18. The molecule has 0 aliphatic rings. The van der Waals surface area contributed by atoms with Crippen molar-refractivity contribution in [2.75, 3.05) is 6.61 Å². The predicted molar refractivity (Wildman–Crippen MR) is 94.1 cm³/mol. The van der Waals surface area contributed by atoms with Crippen LogP contribution in [0.4, 0.5) is 4.39 Å². The Bertz CT molecular complexity index is 776. The molecule has 0 atom stereocenters. The lowest BCUT2D eigenvalue weighted by molar-refractivity contribution is -0.147. The Kier molecular flexibility index (Phi) is 6.79. The maximum absolute atomic E-state index is 13.4. The average molecular weight is 384 g/mol. The molecule has 7 heteroatoms. The Balaban J connectivity index is 1.79. The molecule has 4 nitrogen and oxygen atoms in total. The Labute approximate surface area is 154 Å². The standard InChI is InChI=1S/C18H16Cl2FNO3/c1-11-5-6-12(7-16(11)21)9-22-17(23)10-25-18(24)8-13-14(19)3-2-4-15(13)20/h2-7H,8-10H2,1H3,(H,22,23). The minimum atomic E-state index is -0.619. The first-order chi connectivity index (χ1) is 11.9. The number of benzene rings is 2. The fourth-order valence-corrected chi connectivity index (χ4v) is 2.57. The second-order valence-electron chi connectivity index (χ2n) is 5.40. The molecule has 25 heavy (non-hydrogen) atoms. The van der Waals surface area contributed by atoms with E-state index in [-0.39, 0.29) is 18.8 Å². The highest BCUT2D eigenvalue weighted by atomic mass is 35.5. The van der Waals surface area contributed by atoms with Gasteiger partial charge < -0.3 is 10.1 Å². The number of hydrogen-bond donors (Lipinski definition) is 1. The van der Waals surface area contributed by atoms with Crippen LogP contribution in [0.25, 0.3) is 0 Å². The molecule has 0 aliphatic carbocycles. The van der Waals surface area contributed by atoms with E-state index >= 15 is 0 Å². The van der Waals surface area contributed by atoms with Crippen molar-refractivity contribution in [1.82, 2.24) is 5.32 Å². The van der Waals surface area contributed by atoms with E-state index in [0.29, 0.717) is 26.7 Å². The van der Waals surface area contributed by atoms with E-state index in [1.165, 1.54) is 6.07 Å². The predicted octanol–water partition coefficient (Wildman–Crippen LogP) is 3.84. The monoisotopic (exact) mass is 383 g/mol. The smallest absolute Gasteiger partial charge is 0.310 e. The molecule has 1 amide bonds. The van der Waals surface area contributed by atoms with Crippen molar-refractivity contribution >= 4 is 35.1 Å². The molecule has 0 spiro atoms. The summed E-state index contributed by atoms with van der Waals surface area (Å²) in [5, 5.41) is 3.27. The summed E-state index contributed by atoms with van der Waals surface area (Å²) < 4.78 is 18.3. The summed E-state index contributed by atoms with van der Waals surface area (Å²) in [6.07, 6.45) is -0.130. The third-order valence-electron chi connectivity index (χ3n) is 3.47. The first-order valence-electron chi connectivity index (χ1n) is 7.47. The van der Waals surface area contributed by atoms with Crippen molar-refractivity contribution in [2.24, 2.45) is 0 Å². The minimum Gasteiger partial charge on any atom is -0.455 e. The zero-order chi connectivity index (χ0) is 18.4. The zero-order valence-corrected chi connectivity index (χ0v) is 15.0. The van der Waals surface area contributed by atoms with Crippen molar-refractivity contribution < 1.29 is 18.7 Å². The van der Waals surface area contributed by atoms with Crippen molar-refractivity contribution in [2.45, 2.75) is 19.9 Å². The van der Waals surface area contributed by atoms with Crippen molar-refractivity contribution in [3.8, 4) is 0 Å². The quantitative estimate of drug-likeness (QED) is 0.770. The third kappa shape index (κ3) is 5.73. The van der Waals surface area contributed by atoms with Crippen LogP contribution in [0.1, 0.15) is 16.7 Å². The number of esters is 1. The summed E-state index contributed by atoms with van der Waals surface area (Å²) in [6, 6.07) is 9.59. The molecule has 0 heterocycles. The van der Waals surface area contributed by atoms with Gasteiger partial charge in [-0.05, 0) is 36.2 Å². The van der Waals surface area contributed by atoms with Crippen LogP contribution >= 0.6 is 23.2 Å². The zero-order valence-electron chi connectivity index (χ0n) is 13.4. The second kappa shape index (κ2) is 8.83. The molecule has 2 rings (SSSR count). The Morgan fingerprint density at radius 1 is 1.16 bits per heavy atom. The van der Waals surface area contributed by atoms with Gasteiger partial charge in [-0.3, -0.25) is 9.59 Å². The maximum atomic E-state index is 13.4. The number of amides is 1. The molecule has 0 radical (unpaired) electrons. The largest absolute Gasteiger partial charge is 0.455 e. The van der Waals surface area contributed by atoms with Gasteiger partial charge in [0.2, 0.25) is 0 Å². The molecule has 0 fully saturated rings. The van der Waals surface area contributed by atoms with Gasteiger partial charge in [-0.1, -0.05) is 41.4 Å². The number of carbonyl (C=O) groups is 2. The lowest BCUT2D eigenvalue weighted by atomic mass is 10.1. The maximum Gasteiger partial charge on any atom is 0.310 e. The first-order valence-corrected chi connectivity index (χ1v) is 8.22. The van der Waals surface area contributed by atoms with Crippen molar-refractivity contribution in [1.29, 1.82) is 0 Å². The highest BCUT2D eigenvalue weighted by Crippen LogP contribution is 2.24. The number of rotatable bonds is 6. The summed E-state index contributed by atoms with van der Waals surface area (Å²) >= 11 is 12.0. The Hall–Kier alpha value is -2.11. The summed E-state index contributed by atoms with van der Waals surface area (Å²) in [5.74, 6) is -1.44. The molecular formula is C18H16Cl2FNO3. The van der Waals surface area contributed by atoms with Gasteiger partial charge in [-0.25, -0.2) is 4.39 Å². The van der Waals surface area contributed by atoms with Crippen molar-refractivity contribution in [3.63, 3.8) is 0 Å². The summed E-state index contributed by atoms with van der Waals surface area (Å²) in [4.78, 5) is 23.5. The van der Waals surface area contributed by atoms with Crippen LogP contribution < -0.4 is 5.32 Å². The lowest BCUT2D eigenvalue weighted by Gasteiger charge is -2.09. The van der Waals surface area contributed by atoms with Crippen LogP contribution in [0.15, 0.2) is 36.4 Å². The van der Waals surface area contributed by atoms with Gasteiger partial charge in [0.15, 0.2) is 6.61 Å². The minimum absolute atomic E-state index is 0.130. The van der Waals surface area contributed by atoms with Gasteiger partial charge in [0.25, 0.3) is 5.91 Å². The molecular weight excluding hydrogens is 368 g/mol. The number of halogens is 3. The molecule has 1 N–H and O–H groups in total. The highest BCUT2D eigenvalue weighted by Gasteiger charge is 2.13. The van der Waals surface area contributed by atoms with E-state index in [1.807, 2.05) is 0 Å². The van der Waals surface area contributed by atoms with E-state index in [2.05, 4.69) is 5.32 Å². The van der Waals surface area contributed by atoms with E-state index < -0.39 is 18.5 Å². The molecule has 0 saturated heterocycles. The van der Waals surface area contributed by atoms with E-state index in [0.717, 1.165) is 0 Å². The number of ether oxygens (including phenoxy) is 1. The summed E-state index contributed by atoms with van der Waals surface area (Å²) in [7, 11) is 0. The molecule has 0 aliphatic heterocycles. The molecule has 132 valence electrons. The van der Waals surface area contributed by atoms with Crippen LogP contribution in [0.2, 0.25) is 10.0 Å². The molecule has 2 aromatic rings. The number of carbonyl (C=O) groups excluding carboxylic acids is 2. The van der Waals surface area contributed by atoms with Crippen LogP contribution in [-0.2, 0) is 27.3 Å². The van der Waals surface area contributed by atoms with Crippen LogP contribution in [0, 0.1) is 12.7 Å². The van der Waals surface area contributed by atoms with Crippen molar-refractivity contribution in [3.05, 3.63) is 69.0 Å². The van der Waals surface area contributed by atoms with Crippen LogP contribution in [-0.4, -0.2) is 18.5 Å². The normalized spacial score (nSPS) is 10.4. The van der Waals surface area contributed by atoms with Gasteiger partial charge >= 0.3 is 5.97 Å². The molecule has 0 aromatic heterocycles.